The van der Waals surface area contributed by atoms with Crippen LogP contribution in [0.15, 0.2) is 27.1 Å². The third-order valence-corrected chi connectivity index (χ3v) is 4.76. The van der Waals surface area contributed by atoms with Crippen LogP contribution in [-0.4, -0.2) is 0 Å². The highest BCUT2D eigenvalue weighted by atomic mass is 79.9. The molecule has 0 saturated heterocycles. The minimum atomic E-state index is 0.251. The van der Waals surface area contributed by atoms with Gasteiger partial charge >= 0.3 is 0 Å². The van der Waals surface area contributed by atoms with Crippen molar-refractivity contribution < 1.29 is 0 Å². The lowest BCUT2D eigenvalue weighted by Gasteiger charge is -2.21. The van der Waals surface area contributed by atoms with Gasteiger partial charge in [-0.15, -0.1) is 0 Å². The second-order valence-corrected chi connectivity index (χ2v) is 6.54. The average molecular weight is 362 g/mol. The number of nitrogens with two attached hydrogens (primary N) is 1. The monoisotopic (exact) mass is 360 g/mol. The first-order valence-electron chi connectivity index (χ1n) is 6.12. The van der Waals surface area contributed by atoms with E-state index in [2.05, 4.69) is 55.5 Å². The molecule has 3 N–H and O–H groups in total. The smallest absolute Gasteiger partial charge is 0.0473 e. The number of halogens is 2. The minimum absolute atomic E-state index is 0.251. The maximum atomic E-state index is 5.71. The summed E-state index contributed by atoms with van der Waals surface area (Å²) in [6.07, 6.45) is 6.60. The van der Waals surface area contributed by atoms with E-state index in [1.54, 1.807) is 0 Å². The van der Waals surface area contributed by atoms with Crippen LogP contribution >= 0.6 is 31.9 Å². The lowest BCUT2D eigenvalue weighted by Crippen LogP contribution is -2.29. The van der Waals surface area contributed by atoms with Gasteiger partial charge in [-0.25, -0.2) is 0 Å². The Kier molecular flexibility index (Phi) is 5.03. The van der Waals surface area contributed by atoms with Crippen LogP contribution in [0.25, 0.3) is 0 Å². The van der Waals surface area contributed by atoms with Crippen molar-refractivity contribution in [2.45, 2.75) is 38.1 Å². The van der Waals surface area contributed by atoms with Crippen LogP contribution in [0.4, 0.5) is 0 Å². The zero-order chi connectivity index (χ0) is 12.3. The van der Waals surface area contributed by atoms with Crippen LogP contribution in [0.5, 0.6) is 0 Å². The molecule has 0 aliphatic heterocycles. The van der Waals surface area contributed by atoms with E-state index in [1.807, 2.05) is 0 Å². The van der Waals surface area contributed by atoms with Crippen LogP contribution in [0.2, 0.25) is 0 Å². The number of nitrogens with one attached hydrogen (secondary N) is 1. The summed E-state index contributed by atoms with van der Waals surface area (Å²) >= 11 is 7.09. The normalized spacial score (nSPS) is 18.5. The summed E-state index contributed by atoms with van der Waals surface area (Å²) in [6.45, 7) is 0. The summed E-state index contributed by atoms with van der Waals surface area (Å²) < 4.78 is 2.21. The van der Waals surface area contributed by atoms with Crippen LogP contribution in [0, 0.1) is 5.92 Å². The van der Waals surface area contributed by atoms with Gasteiger partial charge < -0.3 is 0 Å². The molecule has 1 unspecified atom stereocenters. The fourth-order valence-corrected chi connectivity index (χ4v) is 3.97. The number of benzene rings is 1. The Balaban J connectivity index is 2.10. The molecule has 2 rings (SSSR count). The molecule has 1 fully saturated rings. The number of rotatable bonds is 4. The van der Waals surface area contributed by atoms with Crippen molar-refractivity contribution in [1.82, 2.24) is 5.43 Å². The molecule has 1 aliphatic carbocycles. The van der Waals surface area contributed by atoms with Crippen molar-refractivity contribution in [3.8, 4) is 0 Å². The van der Waals surface area contributed by atoms with Crippen molar-refractivity contribution in [1.29, 1.82) is 0 Å². The Hall–Kier alpha value is 0.1000. The Morgan fingerprint density at radius 2 is 2.00 bits per heavy atom. The second kappa shape index (κ2) is 6.32. The van der Waals surface area contributed by atoms with E-state index in [9.17, 15) is 0 Å². The van der Waals surface area contributed by atoms with Crippen molar-refractivity contribution >= 4 is 31.9 Å². The first-order chi connectivity index (χ1) is 8.20. The number of hydrogen-bond acceptors (Lipinski definition) is 2. The molecule has 0 radical (unpaired) electrons. The summed E-state index contributed by atoms with van der Waals surface area (Å²) in [7, 11) is 0. The maximum absolute atomic E-state index is 5.71. The molecule has 0 bridgehead atoms. The Labute approximate surface area is 120 Å². The minimum Gasteiger partial charge on any atom is -0.271 e. The van der Waals surface area contributed by atoms with Crippen molar-refractivity contribution in [2.75, 3.05) is 0 Å². The lowest BCUT2D eigenvalue weighted by molar-refractivity contribution is 0.399. The van der Waals surface area contributed by atoms with Crippen molar-refractivity contribution in [3.05, 3.63) is 32.7 Å². The third-order valence-electron chi connectivity index (χ3n) is 3.58. The van der Waals surface area contributed by atoms with Crippen molar-refractivity contribution in [3.63, 3.8) is 0 Å². The molecule has 1 aromatic carbocycles. The molecule has 2 nitrogen and oxygen atoms in total. The molecule has 17 heavy (non-hydrogen) atoms. The standard InChI is InChI=1S/C13H18Br2N2/c14-10-5-6-11(12(15)8-10)13(17-16)7-9-3-1-2-4-9/h5-6,8-9,13,17H,1-4,7,16H2. The van der Waals surface area contributed by atoms with E-state index >= 15 is 0 Å². The second-order valence-electron chi connectivity index (χ2n) is 4.77. The maximum Gasteiger partial charge on any atom is 0.0473 e. The van der Waals surface area contributed by atoms with E-state index in [-0.39, 0.29) is 6.04 Å². The molecule has 0 amide bonds. The molecule has 1 atom stereocenters. The van der Waals surface area contributed by atoms with Gasteiger partial charge in [0.15, 0.2) is 0 Å². The lowest BCUT2D eigenvalue weighted by atomic mass is 9.94. The quantitative estimate of drug-likeness (QED) is 0.619. The van der Waals surface area contributed by atoms with Crippen LogP contribution in [0.3, 0.4) is 0 Å². The molecule has 1 saturated carbocycles. The predicted octanol–water partition coefficient (Wildman–Crippen LogP) is 4.30. The largest absolute Gasteiger partial charge is 0.271 e. The van der Waals surface area contributed by atoms with E-state index in [0.29, 0.717) is 0 Å². The van der Waals surface area contributed by atoms with Gasteiger partial charge in [0.1, 0.15) is 0 Å². The van der Waals surface area contributed by atoms with Gasteiger partial charge in [-0.3, -0.25) is 11.3 Å². The third kappa shape index (κ3) is 3.53. The molecule has 1 aliphatic rings. The van der Waals surface area contributed by atoms with E-state index in [4.69, 9.17) is 5.84 Å². The molecular formula is C13H18Br2N2. The highest BCUT2D eigenvalue weighted by Gasteiger charge is 2.21. The highest BCUT2D eigenvalue weighted by Crippen LogP contribution is 2.35. The fourth-order valence-electron chi connectivity index (χ4n) is 2.65. The van der Waals surface area contributed by atoms with Gasteiger partial charge in [0, 0.05) is 15.0 Å². The Morgan fingerprint density at radius 1 is 1.29 bits per heavy atom. The van der Waals surface area contributed by atoms with Gasteiger partial charge in [0.05, 0.1) is 0 Å². The summed E-state index contributed by atoms with van der Waals surface area (Å²) in [5.74, 6) is 6.53. The fraction of sp³-hybridized carbons (Fsp3) is 0.538. The molecule has 0 aromatic heterocycles. The van der Waals surface area contributed by atoms with Gasteiger partial charge in [-0.2, -0.15) is 0 Å². The van der Waals surface area contributed by atoms with E-state index in [1.165, 1.54) is 31.2 Å². The molecule has 0 spiro atoms. The highest BCUT2D eigenvalue weighted by molar-refractivity contribution is 9.11. The van der Waals surface area contributed by atoms with Gasteiger partial charge in [-0.05, 0) is 30.0 Å². The first kappa shape index (κ1) is 13.5. The first-order valence-corrected chi connectivity index (χ1v) is 7.70. The number of hydrogen-bond donors (Lipinski definition) is 2. The zero-order valence-electron chi connectivity index (χ0n) is 9.76. The summed E-state index contributed by atoms with van der Waals surface area (Å²) in [6, 6.07) is 6.53. The molecule has 94 valence electrons. The topological polar surface area (TPSA) is 38.0 Å². The van der Waals surface area contributed by atoms with Crippen LogP contribution < -0.4 is 11.3 Å². The van der Waals surface area contributed by atoms with E-state index in [0.717, 1.165) is 21.3 Å². The molecular weight excluding hydrogens is 344 g/mol. The predicted molar refractivity (Wildman–Crippen MR) is 78.5 cm³/mol. The van der Waals surface area contributed by atoms with Gasteiger partial charge in [0.25, 0.3) is 0 Å². The number of hydrazine groups is 1. The molecule has 0 heterocycles. The molecule has 1 aromatic rings. The molecule has 4 heteroatoms. The van der Waals surface area contributed by atoms with Crippen LogP contribution in [0.1, 0.15) is 43.7 Å². The Bertz CT molecular complexity index is 376. The summed E-state index contributed by atoms with van der Waals surface area (Å²) in [5, 5.41) is 0. The average Bonchev–Trinajstić information content (AvgIpc) is 2.79. The zero-order valence-corrected chi connectivity index (χ0v) is 12.9. The van der Waals surface area contributed by atoms with Crippen LogP contribution in [-0.2, 0) is 0 Å². The van der Waals surface area contributed by atoms with Gasteiger partial charge in [-0.1, -0.05) is 63.6 Å². The Morgan fingerprint density at radius 3 is 2.59 bits per heavy atom. The summed E-state index contributed by atoms with van der Waals surface area (Å²) in [5.41, 5.74) is 4.21. The summed E-state index contributed by atoms with van der Waals surface area (Å²) in [4.78, 5) is 0. The van der Waals surface area contributed by atoms with Gasteiger partial charge in [0.2, 0.25) is 0 Å². The SMILES string of the molecule is NNC(CC1CCCC1)c1ccc(Br)cc1Br. The van der Waals surface area contributed by atoms with Crippen molar-refractivity contribution in [2.24, 2.45) is 11.8 Å². The van der Waals surface area contributed by atoms with E-state index < -0.39 is 0 Å².